The van der Waals surface area contributed by atoms with Crippen molar-refractivity contribution in [2.75, 3.05) is 18.8 Å². The lowest BCUT2D eigenvalue weighted by Gasteiger charge is -2.20. The number of halogens is 1. The van der Waals surface area contributed by atoms with E-state index in [1.54, 1.807) is 17.0 Å². The van der Waals surface area contributed by atoms with Gasteiger partial charge in [-0.25, -0.2) is 0 Å². The lowest BCUT2D eigenvalue weighted by molar-refractivity contribution is -0.128. The number of hydrogen-bond acceptors (Lipinski definition) is 6. The summed E-state index contributed by atoms with van der Waals surface area (Å²) in [5.41, 5.74) is 2.83. The Labute approximate surface area is 196 Å². The summed E-state index contributed by atoms with van der Waals surface area (Å²) in [5, 5.41) is 27.6. The van der Waals surface area contributed by atoms with Crippen molar-refractivity contribution >= 4 is 29.3 Å². The molecule has 0 radical (unpaired) electrons. The average molecular weight is 465 g/mol. The number of nitriles is 2. The van der Waals surface area contributed by atoms with Crippen LogP contribution in [0.4, 0.5) is 0 Å². The summed E-state index contributed by atoms with van der Waals surface area (Å²) in [6, 6.07) is 19.4. The van der Waals surface area contributed by atoms with Crippen LogP contribution in [-0.4, -0.2) is 44.4 Å². The largest absolute Gasteiger partial charge is 0.340 e. The SMILES string of the molecule is Cc1cccc(-n2c(SCC(=O)N(CCC#N)CCC#N)nnc2-c2ccc(Cl)cc2)c1. The Morgan fingerprint density at radius 1 is 1.09 bits per heavy atom. The van der Waals surface area contributed by atoms with Crippen molar-refractivity contribution < 1.29 is 4.79 Å². The van der Waals surface area contributed by atoms with E-state index in [1.165, 1.54) is 11.8 Å². The normalized spacial score (nSPS) is 10.4. The lowest BCUT2D eigenvalue weighted by atomic mass is 10.2. The van der Waals surface area contributed by atoms with Gasteiger partial charge in [0.2, 0.25) is 5.91 Å². The standard InChI is InChI=1S/C23H21ClN6OS/c1-17-5-2-6-20(15-17)30-22(18-7-9-19(24)10-8-18)27-28-23(30)32-16-21(31)29(13-3-11-25)14-4-12-26/h2,5-10,15H,3-4,13-14,16H2,1H3. The maximum atomic E-state index is 12.8. The minimum absolute atomic E-state index is 0.126. The first-order valence-electron chi connectivity index (χ1n) is 9.96. The van der Waals surface area contributed by atoms with Crippen LogP contribution in [0.3, 0.4) is 0 Å². The quantitative estimate of drug-likeness (QED) is 0.427. The molecule has 0 saturated carbocycles. The second-order valence-electron chi connectivity index (χ2n) is 6.97. The maximum absolute atomic E-state index is 12.8. The van der Waals surface area contributed by atoms with E-state index in [0.29, 0.717) is 29.1 Å². The fourth-order valence-corrected chi connectivity index (χ4v) is 4.08. The van der Waals surface area contributed by atoms with E-state index in [2.05, 4.69) is 10.2 Å². The van der Waals surface area contributed by atoms with Crippen LogP contribution in [0.1, 0.15) is 18.4 Å². The first-order valence-corrected chi connectivity index (χ1v) is 11.3. The minimum atomic E-state index is -0.146. The predicted molar refractivity (Wildman–Crippen MR) is 124 cm³/mol. The highest BCUT2D eigenvalue weighted by Gasteiger charge is 2.19. The second-order valence-corrected chi connectivity index (χ2v) is 8.35. The fraction of sp³-hybridized carbons (Fsp3) is 0.261. The van der Waals surface area contributed by atoms with E-state index < -0.39 is 0 Å². The molecule has 1 heterocycles. The molecule has 3 rings (SSSR count). The number of carbonyl (C=O) groups is 1. The van der Waals surface area contributed by atoms with E-state index in [0.717, 1.165) is 16.8 Å². The molecule has 0 atom stereocenters. The number of hydrogen-bond donors (Lipinski definition) is 0. The van der Waals surface area contributed by atoms with Crippen LogP contribution in [-0.2, 0) is 4.79 Å². The van der Waals surface area contributed by atoms with Crippen molar-refractivity contribution in [2.24, 2.45) is 0 Å². The molecule has 1 amide bonds. The molecule has 2 aromatic carbocycles. The van der Waals surface area contributed by atoms with Gasteiger partial charge in [-0.05, 0) is 48.9 Å². The topological polar surface area (TPSA) is 98.6 Å². The number of amides is 1. The number of rotatable bonds is 9. The van der Waals surface area contributed by atoms with Gasteiger partial charge in [0.1, 0.15) is 0 Å². The van der Waals surface area contributed by atoms with Crippen LogP contribution in [0.25, 0.3) is 17.1 Å². The summed E-state index contributed by atoms with van der Waals surface area (Å²) in [6.45, 7) is 2.62. The first kappa shape index (κ1) is 23.3. The number of carbonyl (C=O) groups excluding carboxylic acids is 1. The van der Waals surface area contributed by atoms with E-state index in [9.17, 15) is 4.79 Å². The number of aromatic nitrogens is 3. The Morgan fingerprint density at radius 3 is 2.41 bits per heavy atom. The third kappa shape index (κ3) is 5.88. The third-order valence-electron chi connectivity index (χ3n) is 4.66. The molecule has 3 aromatic rings. The van der Waals surface area contributed by atoms with Crippen molar-refractivity contribution in [3.05, 3.63) is 59.1 Å². The zero-order valence-corrected chi connectivity index (χ0v) is 19.1. The number of nitrogens with zero attached hydrogens (tertiary/aromatic N) is 6. The summed E-state index contributed by atoms with van der Waals surface area (Å²) in [5.74, 6) is 0.627. The van der Waals surface area contributed by atoms with Gasteiger partial charge in [0, 0.05) is 29.4 Å². The smallest absolute Gasteiger partial charge is 0.233 e. The summed E-state index contributed by atoms with van der Waals surface area (Å²) < 4.78 is 1.92. The highest BCUT2D eigenvalue weighted by atomic mass is 35.5. The fourth-order valence-electron chi connectivity index (χ4n) is 3.10. The molecular formula is C23H21ClN6OS. The van der Waals surface area contributed by atoms with Crippen molar-refractivity contribution in [1.82, 2.24) is 19.7 Å². The Balaban J connectivity index is 1.89. The van der Waals surface area contributed by atoms with Crippen LogP contribution < -0.4 is 0 Å². The molecule has 0 saturated heterocycles. The number of aryl methyl sites for hydroxylation is 1. The molecule has 0 bridgehead atoms. The molecule has 9 heteroatoms. The van der Waals surface area contributed by atoms with E-state index >= 15 is 0 Å². The number of benzene rings is 2. The van der Waals surface area contributed by atoms with E-state index in [1.807, 2.05) is 60.0 Å². The average Bonchev–Trinajstić information content (AvgIpc) is 3.22. The molecular weight excluding hydrogens is 444 g/mol. The molecule has 0 aliphatic heterocycles. The molecule has 0 N–H and O–H groups in total. The maximum Gasteiger partial charge on any atom is 0.233 e. The summed E-state index contributed by atoms with van der Waals surface area (Å²) >= 11 is 7.32. The zero-order valence-electron chi connectivity index (χ0n) is 17.5. The van der Waals surface area contributed by atoms with Crippen molar-refractivity contribution in [3.63, 3.8) is 0 Å². The van der Waals surface area contributed by atoms with Crippen LogP contribution in [0.2, 0.25) is 5.02 Å². The van der Waals surface area contributed by atoms with Crippen molar-refractivity contribution in [1.29, 1.82) is 10.5 Å². The van der Waals surface area contributed by atoms with Crippen LogP contribution in [0.15, 0.2) is 53.7 Å². The van der Waals surface area contributed by atoms with Gasteiger partial charge >= 0.3 is 0 Å². The van der Waals surface area contributed by atoms with Crippen LogP contribution in [0.5, 0.6) is 0 Å². The summed E-state index contributed by atoms with van der Waals surface area (Å²) in [6.07, 6.45) is 0.448. The molecule has 162 valence electrons. The molecule has 32 heavy (non-hydrogen) atoms. The van der Waals surface area contributed by atoms with Gasteiger partial charge in [-0.3, -0.25) is 9.36 Å². The van der Waals surface area contributed by atoms with Gasteiger partial charge in [0.05, 0.1) is 30.7 Å². The molecule has 0 fully saturated rings. The lowest BCUT2D eigenvalue weighted by Crippen LogP contribution is -2.34. The molecule has 0 spiro atoms. The highest BCUT2D eigenvalue weighted by molar-refractivity contribution is 7.99. The van der Waals surface area contributed by atoms with E-state index in [4.69, 9.17) is 22.1 Å². The van der Waals surface area contributed by atoms with Gasteiger partial charge in [0.15, 0.2) is 11.0 Å². The van der Waals surface area contributed by atoms with Crippen molar-refractivity contribution in [2.45, 2.75) is 24.9 Å². The Kier molecular flexibility index (Phi) is 8.27. The Bertz CT molecular complexity index is 1140. The van der Waals surface area contributed by atoms with Crippen LogP contribution in [0, 0.1) is 29.6 Å². The molecule has 1 aromatic heterocycles. The number of thioether (sulfide) groups is 1. The van der Waals surface area contributed by atoms with Gasteiger partial charge in [0.25, 0.3) is 0 Å². The van der Waals surface area contributed by atoms with Crippen LogP contribution >= 0.6 is 23.4 Å². The Morgan fingerprint density at radius 2 is 1.78 bits per heavy atom. The zero-order chi connectivity index (χ0) is 22.9. The second kappa shape index (κ2) is 11.3. The van der Waals surface area contributed by atoms with Gasteiger partial charge in [-0.15, -0.1) is 10.2 Å². The monoisotopic (exact) mass is 464 g/mol. The summed E-state index contributed by atoms with van der Waals surface area (Å²) in [7, 11) is 0. The van der Waals surface area contributed by atoms with Crippen molar-refractivity contribution in [3.8, 4) is 29.2 Å². The molecule has 7 nitrogen and oxygen atoms in total. The summed E-state index contributed by atoms with van der Waals surface area (Å²) in [4.78, 5) is 14.3. The molecule has 0 aliphatic rings. The molecule has 0 unspecified atom stereocenters. The first-order chi connectivity index (χ1) is 15.5. The minimum Gasteiger partial charge on any atom is -0.340 e. The Hall–Kier alpha value is -3.33. The van der Waals surface area contributed by atoms with Gasteiger partial charge in [-0.2, -0.15) is 10.5 Å². The van der Waals surface area contributed by atoms with Gasteiger partial charge < -0.3 is 4.90 Å². The van der Waals surface area contributed by atoms with Gasteiger partial charge in [-0.1, -0.05) is 35.5 Å². The molecule has 0 aliphatic carbocycles. The third-order valence-corrected chi connectivity index (χ3v) is 5.83. The predicted octanol–water partition coefficient (Wildman–Crippen LogP) is 4.64. The highest BCUT2D eigenvalue weighted by Crippen LogP contribution is 2.29. The van der Waals surface area contributed by atoms with E-state index in [-0.39, 0.29) is 24.5 Å².